The van der Waals surface area contributed by atoms with Crippen LogP contribution in [0.25, 0.3) is 10.8 Å². The Morgan fingerprint density at radius 3 is 2.55 bits per heavy atom. The van der Waals surface area contributed by atoms with E-state index in [1.165, 1.54) is 12.3 Å². The van der Waals surface area contributed by atoms with Crippen LogP contribution in [-0.4, -0.2) is 25.0 Å². The minimum Gasteiger partial charge on any atom is -0.468 e. The Morgan fingerprint density at radius 2 is 1.90 bits per heavy atom. The number of benzene rings is 1. The molecule has 1 saturated heterocycles. The fraction of sp³-hybridized carbons (Fsp3) is 0.467. The van der Waals surface area contributed by atoms with Crippen LogP contribution in [0.3, 0.4) is 0 Å². The van der Waals surface area contributed by atoms with Crippen LogP contribution in [0.15, 0.2) is 28.9 Å². The van der Waals surface area contributed by atoms with Crippen molar-refractivity contribution in [1.82, 2.24) is 4.90 Å². The van der Waals surface area contributed by atoms with Gasteiger partial charge in [0.25, 0.3) is 0 Å². The predicted molar refractivity (Wildman–Crippen MR) is 70.7 cm³/mol. The van der Waals surface area contributed by atoms with E-state index in [1.807, 2.05) is 0 Å². The molecule has 0 N–H and O–H groups in total. The van der Waals surface area contributed by atoms with E-state index in [0.717, 1.165) is 49.2 Å². The summed E-state index contributed by atoms with van der Waals surface area (Å²) in [7, 11) is 2.08. The summed E-state index contributed by atoms with van der Waals surface area (Å²) in [5, 5.41) is 1.35. The number of hydrogen-bond donors (Lipinski definition) is 0. The summed E-state index contributed by atoms with van der Waals surface area (Å²) in [5.41, 5.74) is -0.624. The van der Waals surface area contributed by atoms with Gasteiger partial charge in [-0.05, 0) is 45.1 Å². The van der Waals surface area contributed by atoms with E-state index in [4.69, 9.17) is 4.42 Å². The first-order valence-corrected chi connectivity index (χ1v) is 6.72. The van der Waals surface area contributed by atoms with E-state index in [9.17, 15) is 13.2 Å². The van der Waals surface area contributed by atoms with Crippen molar-refractivity contribution >= 4 is 10.8 Å². The molecule has 20 heavy (non-hydrogen) atoms. The maximum absolute atomic E-state index is 12.7. The Bertz CT molecular complexity index is 609. The molecule has 1 aromatic heterocycles. The molecule has 2 aromatic rings. The minimum absolute atomic E-state index is 0.306. The third-order valence-electron chi connectivity index (χ3n) is 4.05. The minimum atomic E-state index is -4.31. The van der Waals surface area contributed by atoms with E-state index < -0.39 is 11.7 Å². The monoisotopic (exact) mass is 283 g/mol. The lowest BCUT2D eigenvalue weighted by molar-refractivity contribution is -0.137. The molecule has 3 rings (SSSR count). The van der Waals surface area contributed by atoms with E-state index in [2.05, 4.69) is 11.9 Å². The van der Waals surface area contributed by atoms with Crippen molar-refractivity contribution in [1.29, 1.82) is 0 Å². The van der Waals surface area contributed by atoms with Gasteiger partial charge in [0.2, 0.25) is 0 Å². The molecule has 0 saturated carbocycles. The molecule has 108 valence electrons. The van der Waals surface area contributed by atoms with Crippen molar-refractivity contribution in [2.24, 2.45) is 0 Å². The van der Waals surface area contributed by atoms with Crippen LogP contribution >= 0.6 is 0 Å². The fourth-order valence-electron chi connectivity index (χ4n) is 2.84. The molecule has 1 aliphatic rings. The lowest BCUT2D eigenvalue weighted by Crippen LogP contribution is -2.29. The molecule has 0 atom stereocenters. The van der Waals surface area contributed by atoms with E-state index in [1.54, 1.807) is 0 Å². The third-order valence-corrected chi connectivity index (χ3v) is 4.05. The summed E-state index contributed by atoms with van der Waals surface area (Å²) in [5.74, 6) is 1.14. The zero-order valence-corrected chi connectivity index (χ0v) is 11.2. The summed E-state index contributed by atoms with van der Waals surface area (Å²) < 4.78 is 43.6. The number of alkyl halides is 3. The maximum Gasteiger partial charge on any atom is 0.416 e. The average Bonchev–Trinajstić information content (AvgIpc) is 2.81. The van der Waals surface area contributed by atoms with Crippen molar-refractivity contribution in [3.8, 4) is 0 Å². The number of hydrogen-bond acceptors (Lipinski definition) is 2. The quantitative estimate of drug-likeness (QED) is 0.777. The van der Waals surface area contributed by atoms with Gasteiger partial charge < -0.3 is 9.32 Å². The Kier molecular flexibility index (Phi) is 3.24. The van der Waals surface area contributed by atoms with Crippen molar-refractivity contribution in [3.05, 3.63) is 35.8 Å². The topological polar surface area (TPSA) is 16.4 Å². The molecule has 5 heteroatoms. The van der Waals surface area contributed by atoms with Crippen LogP contribution in [0.5, 0.6) is 0 Å². The van der Waals surface area contributed by atoms with Gasteiger partial charge in [-0.3, -0.25) is 0 Å². The molecule has 0 amide bonds. The first kappa shape index (κ1) is 13.5. The van der Waals surface area contributed by atoms with Gasteiger partial charge in [0.15, 0.2) is 0 Å². The molecule has 2 heterocycles. The highest BCUT2D eigenvalue weighted by molar-refractivity contribution is 5.85. The van der Waals surface area contributed by atoms with Crippen LogP contribution < -0.4 is 0 Å². The zero-order valence-electron chi connectivity index (χ0n) is 11.2. The maximum atomic E-state index is 12.7. The Balaban J connectivity index is 1.94. The molecule has 1 aliphatic heterocycles. The van der Waals surface area contributed by atoms with E-state index in [-0.39, 0.29) is 0 Å². The van der Waals surface area contributed by atoms with Gasteiger partial charge >= 0.3 is 6.18 Å². The van der Waals surface area contributed by atoms with Crippen molar-refractivity contribution in [2.75, 3.05) is 20.1 Å². The summed E-state index contributed by atoms with van der Waals surface area (Å²) in [6.07, 6.45) is -0.891. The lowest BCUT2D eigenvalue weighted by atomic mass is 9.92. The molecule has 0 unspecified atom stereocenters. The van der Waals surface area contributed by atoms with Gasteiger partial charge in [-0.1, -0.05) is 6.07 Å². The number of nitrogens with zero attached hydrogens (tertiary/aromatic N) is 1. The highest BCUT2D eigenvalue weighted by Gasteiger charge is 2.31. The highest BCUT2D eigenvalue weighted by atomic mass is 19.4. The highest BCUT2D eigenvalue weighted by Crippen LogP contribution is 2.37. The van der Waals surface area contributed by atoms with Gasteiger partial charge in [-0.15, -0.1) is 0 Å². The van der Waals surface area contributed by atoms with Crippen molar-refractivity contribution < 1.29 is 17.6 Å². The Morgan fingerprint density at radius 1 is 1.20 bits per heavy atom. The SMILES string of the molecule is CN1CCC(c2occ3cc(C(F)(F)F)ccc23)CC1. The smallest absolute Gasteiger partial charge is 0.416 e. The van der Waals surface area contributed by atoms with Gasteiger partial charge in [-0.2, -0.15) is 13.2 Å². The first-order chi connectivity index (χ1) is 9.45. The average molecular weight is 283 g/mol. The number of halogens is 3. The van der Waals surface area contributed by atoms with Crippen LogP contribution in [-0.2, 0) is 6.18 Å². The van der Waals surface area contributed by atoms with Crippen LogP contribution in [0, 0.1) is 0 Å². The summed E-state index contributed by atoms with van der Waals surface area (Å²) in [6, 6.07) is 3.84. The largest absolute Gasteiger partial charge is 0.468 e. The van der Waals surface area contributed by atoms with Crippen LogP contribution in [0.4, 0.5) is 13.2 Å². The normalized spacial score (nSPS) is 18.8. The number of furan rings is 1. The molecule has 2 nitrogen and oxygen atoms in total. The van der Waals surface area contributed by atoms with Gasteiger partial charge in [-0.25, -0.2) is 0 Å². The van der Waals surface area contributed by atoms with E-state index in [0.29, 0.717) is 11.3 Å². The van der Waals surface area contributed by atoms with Gasteiger partial charge in [0.05, 0.1) is 11.8 Å². The molecular formula is C15H16F3NO. The second-order valence-electron chi connectivity index (χ2n) is 5.48. The molecule has 1 fully saturated rings. The second kappa shape index (κ2) is 4.81. The van der Waals surface area contributed by atoms with Crippen molar-refractivity contribution in [3.63, 3.8) is 0 Å². The Hall–Kier alpha value is -1.49. The fourth-order valence-corrected chi connectivity index (χ4v) is 2.84. The summed E-state index contributed by atoms with van der Waals surface area (Å²) in [4.78, 5) is 2.25. The Labute approximate surface area is 115 Å². The van der Waals surface area contributed by atoms with Crippen molar-refractivity contribution in [2.45, 2.75) is 24.9 Å². The lowest BCUT2D eigenvalue weighted by Gasteiger charge is -2.27. The number of rotatable bonds is 1. The number of likely N-dealkylation sites (tertiary alicyclic amines) is 1. The van der Waals surface area contributed by atoms with Gasteiger partial charge in [0.1, 0.15) is 5.76 Å². The predicted octanol–water partition coefficient (Wildman–Crippen LogP) is 4.26. The van der Waals surface area contributed by atoms with E-state index >= 15 is 0 Å². The molecule has 0 spiro atoms. The van der Waals surface area contributed by atoms with Crippen LogP contribution in [0.1, 0.15) is 30.1 Å². The molecule has 0 bridgehead atoms. The molecular weight excluding hydrogens is 267 g/mol. The van der Waals surface area contributed by atoms with Crippen LogP contribution in [0.2, 0.25) is 0 Å². The molecule has 0 aliphatic carbocycles. The second-order valence-corrected chi connectivity index (χ2v) is 5.48. The third kappa shape index (κ3) is 2.42. The zero-order chi connectivity index (χ0) is 14.3. The summed E-state index contributed by atoms with van der Waals surface area (Å²) in [6.45, 7) is 1.99. The standard InChI is InChI=1S/C15H16F3NO/c1-19-6-4-10(5-7-19)14-13-3-2-12(15(16,17)18)8-11(13)9-20-14/h2-3,8-10H,4-7H2,1H3. The van der Waals surface area contributed by atoms with Gasteiger partial charge in [0, 0.05) is 16.7 Å². The molecule has 1 aromatic carbocycles. The number of fused-ring (bicyclic) bond motifs is 1. The summed E-state index contributed by atoms with van der Waals surface area (Å²) >= 11 is 0. The molecule has 0 radical (unpaired) electrons. The number of piperidine rings is 1. The first-order valence-electron chi connectivity index (χ1n) is 6.72.